The number of hydrogen-bond donors (Lipinski definition) is 3. The lowest BCUT2D eigenvalue weighted by Gasteiger charge is -2.33. The molecule has 6 heteroatoms. The highest BCUT2D eigenvalue weighted by atomic mass is 35.5. The van der Waals surface area contributed by atoms with E-state index in [4.69, 9.17) is 17.3 Å². The maximum absolute atomic E-state index is 6.39. The van der Waals surface area contributed by atoms with Gasteiger partial charge in [-0.25, -0.2) is 0 Å². The van der Waals surface area contributed by atoms with Crippen LogP contribution in [-0.4, -0.2) is 37.1 Å². The van der Waals surface area contributed by atoms with Crippen LogP contribution in [0.4, 0.5) is 17.1 Å². The van der Waals surface area contributed by atoms with Gasteiger partial charge in [0.2, 0.25) is 0 Å². The van der Waals surface area contributed by atoms with Crippen molar-refractivity contribution in [2.75, 3.05) is 36.8 Å². The van der Waals surface area contributed by atoms with Crippen LogP contribution in [0.15, 0.2) is 46.2 Å². The molecular formula is C19H23ClN4S. The predicted molar refractivity (Wildman–Crippen MR) is 107 cm³/mol. The Kier molecular flexibility index (Phi) is 5.08. The van der Waals surface area contributed by atoms with E-state index in [1.807, 2.05) is 12.1 Å². The number of hydrogen-bond acceptors (Lipinski definition) is 5. The van der Waals surface area contributed by atoms with E-state index in [1.165, 1.54) is 9.79 Å². The molecule has 0 spiro atoms. The number of nitrogens with two attached hydrogens (primary N) is 1. The van der Waals surface area contributed by atoms with Gasteiger partial charge in [0.25, 0.3) is 0 Å². The third-order valence-electron chi connectivity index (χ3n) is 4.83. The average Bonchev–Trinajstić information content (AvgIpc) is 2.62. The summed E-state index contributed by atoms with van der Waals surface area (Å²) in [7, 11) is 0. The van der Waals surface area contributed by atoms with E-state index in [1.54, 1.807) is 11.8 Å². The number of halogens is 1. The lowest BCUT2D eigenvalue weighted by atomic mass is 10.0. The van der Waals surface area contributed by atoms with Crippen LogP contribution in [0, 0.1) is 0 Å². The van der Waals surface area contributed by atoms with Crippen LogP contribution >= 0.6 is 23.4 Å². The Hall–Kier alpha value is -1.40. The van der Waals surface area contributed by atoms with Gasteiger partial charge in [-0.2, -0.15) is 0 Å². The fraction of sp³-hybridized carbons (Fsp3) is 0.368. The van der Waals surface area contributed by atoms with Crippen LogP contribution in [0.3, 0.4) is 0 Å². The SMILES string of the molecule is NCCN1CCC(Nc2cc(Cl)cc3c2Nc2ccccc2S3)CC1. The van der Waals surface area contributed by atoms with Gasteiger partial charge in [-0.15, -0.1) is 0 Å². The standard InChI is InChI=1S/C19H23ClN4S/c20-13-11-16(22-14-5-8-24(9-6-14)10-7-21)19-18(12-13)25-17-4-2-1-3-15(17)23-19/h1-4,11-12,14,22-23H,5-10,21H2. The normalized spacial score (nSPS) is 17.5. The van der Waals surface area contributed by atoms with Crippen molar-refractivity contribution in [3.05, 3.63) is 41.4 Å². The zero-order chi connectivity index (χ0) is 17.2. The summed E-state index contributed by atoms with van der Waals surface area (Å²) in [5.74, 6) is 0. The molecule has 0 amide bonds. The predicted octanol–water partition coefficient (Wildman–Crippen LogP) is 4.38. The second-order valence-electron chi connectivity index (χ2n) is 6.60. The maximum Gasteiger partial charge on any atom is 0.0763 e. The molecule has 0 unspecified atom stereocenters. The summed E-state index contributed by atoms with van der Waals surface area (Å²) in [5.41, 5.74) is 9.06. The Balaban J connectivity index is 1.53. The Labute approximate surface area is 158 Å². The molecular weight excluding hydrogens is 352 g/mol. The van der Waals surface area contributed by atoms with E-state index in [0.29, 0.717) is 6.04 Å². The molecule has 2 aromatic carbocycles. The molecule has 2 aliphatic heterocycles. The van der Waals surface area contributed by atoms with Gasteiger partial charge < -0.3 is 21.3 Å². The maximum atomic E-state index is 6.39. The number of piperidine rings is 1. The molecule has 0 saturated carbocycles. The van der Waals surface area contributed by atoms with E-state index in [-0.39, 0.29) is 0 Å². The van der Waals surface area contributed by atoms with E-state index < -0.39 is 0 Å². The molecule has 2 aliphatic rings. The molecule has 132 valence electrons. The van der Waals surface area contributed by atoms with E-state index in [9.17, 15) is 0 Å². The number of fused-ring (bicyclic) bond motifs is 2. The molecule has 2 heterocycles. The Morgan fingerprint density at radius 3 is 2.80 bits per heavy atom. The second kappa shape index (κ2) is 7.46. The number of benzene rings is 2. The molecule has 2 aromatic rings. The monoisotopic (exact) mass is 374 g/mol. The topological polar surface area (TPSA) is 53.3 Å². The van der Waals surface area contributed by atoms with Crippen molar-refractivity contribution in [3.8, 4) is 0 Å². The molecule has 4 N–H and O–H groups in total. The smallest absolute Gasteiger partial charge is 0.0763 e. The Bertz CT molecular complexity index is 759. The molecule has 0 aliphatic carbocycles. The molecule has 0 radical (unpaired) electrons. The zero-order valence-electron chi connectivity index (χ0n) is 14.1. The summed E-state index contributed by atoms with van der Waals surface area (Å²) < 4.78 is 0. The van der Waals surface area contributed by atoms with E-state index >= 15 is 0 Å². The fourth-order valence-electron chi connectivity index (χ4n) is 3.52. The van der Waals surface area contributed by atoms with Crippen molar-refractivity contribution in [3.63, 3.8) is 0 Å². The van der Waals surface area contributed by atoms with Crippen molar-refractivity contribution in [1.29, 1.82) is 0 Å². The first kappa shape index (κ1) is 17.0. The quantitative estimate of drug-likeness (QED) is 0.632. The summed E-state index contributed by atoms with van der Waals surface area (Å²) in [6.45, 7) is 3.93. The lowest BCUT2D eigenvalue weighted by molar-refractivity contribution is 0.225. The van der Waals surface area contributed by atoms with Crippen LogP contribution in [0.1, 0.15) is 12.8 Å². The molecule has 4 rings (SSSR count). The summed E-state index contributed by atoms with van der Waals surface area (Å²) in [6.07, 6.45) is 2.26. The summed E-state index contributed by atoms with van der Waals surface area (Å²) >= 11 is 8.16. The Morgan fingerprint density at radius 1 is 1.20 bits per heavy atom. The van der Waals surface area contributed by atoms with Crippen LogP contribution in [0.2, 0.25) is 5.02 Å². The zero-order valence-corrected chi connectivity index (χ0v) is 15.7. The minimum absolute atomic E-state index is 0.473. The van der Waals surface area contributed by atoms with Gasteiger partial charge in [-0.05, 0) is 37.1 Å². The van der Waals surface area contributed by atoms with E-state index in [2.05, 4.69) is 39.8 Å². The number of rotatable bonds is 4. The molecule has 1 saturated heterocycles. The molecule has 0 bridgehead atoms. The fourth-order valence-corrected chi connectivity index (χ4v) is 4.86. The van der Waals surface area contributed by atoms with Crippen LogP contribution < -0.4 is 16.4 Å². The molecule has 0 atom stereocenters. The first-order chi connectivity index (χ1) is 12.2. The largest absolute Gasteiger partial charge is 0.380 e. The third kappa shape index (κ3) is 3.75. The van der Waals surface area contributed by atoms with Crippen LogP contribution in [-0.2, 0) is 0 Å². The number of para-hydroxylation sites is 1. The molecule has 0 aromatic heterocycles. The number of anilines is 3. The summed E-state index contributed by atoms with van der Waals surface area (Å²) in [5, 5.41) is 8.08. The minimum Gasteiger partial charge on any atom is -0.380 e. The summed E-state index contributed by atoms with van der Waals surface area (Å²) in [4.78, 5) is 4.85. The average molecular weight is 375 g/mol. The first-order valence-electron chi connectivity index (χ1n) is 8.79. The van der Waals surface area contributed by atoms with Gasteiger partial charge in [0, 0.05) is 47.0 Å². The van der Waals surface area contributed by atoms with Gasteiger partial charge in [0.15, 0.2) is 0 Å². The lowest BCUT2D eigenvalue weighted by Crippen LogP contribution is -2.41. The van der Waals surface area contributed by atoms with Gasteiger partial charge in [0.1, 0.15) is 0 Å². The highest BCUT2D eigenvalue weighted by Gasteiger charge is 2.23. The van der Waals surface area contributed by atoms with Gasteiger partial charge in [-0.1, -0.05) is 35.5 Å². The summed E-state index contributed by atoms with van der Waals surface area (Å²) in [6, 6.07) is 12.9. The van der Waals surface area contributed by atoms with Crippen molar-refractivity contribution in [2.24, 2.45) is 5.73 Å². The van der Waals surface area contributed by atoms with Crippen molar-refractivity contribution >= 4 is 40.4 Å². The van der Waals surface area contributed by atoms with Crippen LogP contribution in [0.5, 0.6) is 0 Å². The minimum atomic E-state index is 0.473. The molecule has 1 fully saturated rings. The van der Waals surface area contributed by atoms with Crippen LogP contribution in [0.25, 0.3) is 0 Å². The van der Waals surface area contributed by atoms with Gasteiger partial charge in [0.05, 0.1) is 17.1 Å². The highest BCUT2D eigenvalue weighted by molar-refractivity contribution is 7.99. The molecule has 25 heavy (non-hydrogen) atoms. The number of likely N-dealkylation sites (tertiary alicyclic amines) is 1. The molecule has 4 nitrogen and oxygen atoms in total. The Morgan fingerprint density at radius 2 is 2.00 bits per heavy atom. The van der Waals surface area contributed by atoms with Crippen molar-refractivity contribution in [1.82, 2.24) is 4.90 Å². The second-order valence-corrected chi connectivity index (χ2v) is 8.12. The van der Waals surface area contributed by atoms with Gasteiger partial charge in [-0.3, -0.25) is 0 Å². The third-order valence-corrected chi connectivity index (χ3v) is 6.16. The highest BCUT2D eigenvalue weighted by Crippen LogP contribution is 2.48. The van der Waals surface area contributed by atoms with Gasteiger partial charge >= 0.3 is 0 Å². The number of nitrogens with one attached hydrogen (secondary N) is 2. The van der Waals surface area contributed by atoms with Crippen molar-refractivity contribution < 1.29 is 0 Å². The van der Waals surface area contributed by atoms with E-state index in [0.717, 1.165) is 61.1 Å². The number of nitrogens with zero attached hydrogens (tertiary/aromatic N) is 1. The van der Waals surface area contributed by atoms with Crippen molar-refractivity contribution in [2.45, 2.75) is 28.7 Å². The first-order valence-corrected chi connectivity index (χ1v) is 9.99.